The number of para-hydroxylation sites is 2. The van der Waals surface area contributed by atoms with Gasteiger partial charge in [-0.05, 0) is 48.5 Å². The number of nitro benzene ring substituents is 2. The summed E-state index contributed by atoms with van der Waals surface area (Å²) in [6.07, 6.45) is 0. The summed E-state index contributed by atoms with van der Waals surface area (Å²) in [7, 11) is 0. The van der Waals surface area contributed by atoms with E-state index >= 15 is 0 Å². The van der Waals surface area contributed by atoms with Gasteiger partial charge in [0.15, 0.2) is 5.96 Å². The Bertz CT molecular complexity index is 1790. The molecule has 5 rings (SSSR count). The van der Waals surface area contributed by atoms with Crippen LogP contribution >= 0.6 is 0 Å². The molecule has 2 aliphatic rings. The molecule has 13 nitrogen and oxygen atoms in total. The topological polar surface area (TPSA) is 193 Å². The second kappa shape index (κ2) is 10.9. The lowest BCUT2D eigenvalue weighted by Crippen LogP contribution is -2.23. The van der Waals surface area contributed by atoms with Crippen molar-refractivity contribution in [3.63, 3.8) is 0 Å². The van der Waals surface area contributed by atoms with Crippen molar-refractivity contribution in [1.29, 1.82) is 0 Å². The first kappa shape index (κ1) is 25.8. The summed E-state index contributed by atoms with van der Waals surface area (Å²) in [5.74, 6) is -0.0374. The van der Waals surface area contributed by atoms with E-state index in [4.69, 9.17) is 21.4 Å². The Hall–Kier alpha value is -5.85. The van der Waals surface area contributed by atoms with Crippen LogP contribution in [-0.2, 0) is 0 Å². The molecule has 0 atom stereocenters. The fraction of sp³-hybridized carbons (Fsp3) is 0.0741. The maximum absolute atomic E-state index is 11.2. The van der Waals surface area contributed by atoms with Gasteiger partial charge in [0.25, 0.3) is 11.4 Å². The molecule has 0 unspecified atom stereocenters. The number of rotatable bonds is 8. The fourth-order valence-corrected chi connectivity index (χ4v) is 4.25. The zero-order chi connectivity index (χ0) is 28.2. The molecule has 5 N–H and O–H groups in total. The Labute approximate surface area is 226 Å². The number of aliphatic imine (C=N–C) groups is 1. The molecule has 3 aromatic rings. The summed E-state index contributed by atoms with van der Waals surface area (Å²) >= 11 is 0. The third-order valence-corrected chi connectivity index (χ3v) is 6.05. The van der Waals surface area contributed by atoms with E-state index in [0.717, 1.165) is 5.52 Å². The monoisotopic (exact) mass is 537 g/mol. The number of hydrogen-bond acceptors (Lipinski definition) is 8. The average molecular weight is 538 g/mol. The fourth-order valence-electron chi connectivity index (χ4n) is 4.25. The van der Waals surface area contributed by atoms with Gasteiger partial charge in [-0.25, -0.2) is 4.98 Å². The molecule has 0 saturated carbocycles. The van der Waals surface area contributed by atoms with E-state index in [-0.39, 0.29) is 30.4 Å². The zero-order valence-corrected chi connectivity index (χ0v) is 21.0. The minimum Gasteiger partial charge on any atom is -0.370 e. The van der Waals surface area contributed by atoms with Crippen LogP contribution in [0, 0.1) is 20.2 Å². The molecule has 40 heavy (non-hydrogen) atoms. The molecule has 0 amide bonds. The third kappa shape index (κ3) is 5.38. The average Bonchev–Trinajstić information content (AvgIpc) is 2.94. The highest BCUT2D eigenvalue weighted by atomic mass is 16.6. The third-order valence-electron chi connectivity index (χ3n) is 6.05. The smallest absolute Gasteiger partial charge is 0.269 e. The minimum atomic E-state index is -0.462. The Morgan fingerprint density at radius 3 is 2.17 bits per heavy atom. The number of nitrogens with one attached hydrogen (secondary N) is 1. The number of nitrogens with two attached hydrogens (primary N) is 2. The highest BCUT2D eigenvalue weighted by Gasteiger charge is 2.17. The Morgan fingerprint density at radius 1 is 0.875 bits per heavy atom. The number of anilines is 2. The lowest BCUT2D eigenvalue weighted by atomic mass is 10.1. The number of nitro groups is 2. The summed E-state index contributed by atoms with van der Waals surface area (Å²) in [5.41, 5.74) is 15.7. The van der Waals surface area contributed by atoms with Crippen LogP contribution in [-0.4, -0.2) is 38.4 Å². The predicted molar refractivity (Wildman–Crippen MR) is 152 cm³/mol. The molecule has 1 aliphatic heterocycles. The van der Waals surface area contributed by atoms with Crippen LogP contribution in [0.4, 0.5) is 22.7 Å². The number of hydrogen-bond donors (Lipinski definition) is 3. The van der Waals surface area contributed by atoms with Gasteiger partial charge in [-0.15, -0.1) is 0 Å². The molecule has 0 aromatic heterocycles. The lowest BCUT2D eigenvalue weighted by molar-refractivity contribution is -0.385. The highest BCUT2D eigenvalue weighted by molar-refractivity contribution is 5.84. The van der Waals surface area contributed by atoms with Crippen LogP contribution in [0.2, 0.25) is 0 Å². The summed E-state index contributed by atoms with van der Waals surface area (Å²) in [6, 6.07) is 23.6. The van der Waals surface area contributed by atoms with Crippen molar-refractivity contribution in [2.24, 2.45) is 21.5 Å². The second-order valence-corrected chi connectivity index (χ2v) is 8.68. The molecule has 3 aromatic carbocycles. The van der Waals surface area contributed by atoms with Crippen LogP contribution in [0.5, 0.6) is 0 Å². The maximum atomic E-state index is 11.2. The number of guanidine groups is 1. The van der Waals surface area contributed by atoms with E-state index < -0.39 is 9.85 Å². The molecule has 0 fully saturated rings. The van der Waals surface area contributed by atoms with Gasteiger partial charge in [0.1, 0.15) is 0 Å². The number of benzene rings is 4. The maximum Gasteiger partial charge on any atom is 0.269 e. The van der Waals surface area contributed by atoms with Crippen molar-refractivity contribution >= 4 is 39.7 Å². The normalized spacial score (nSPS) is 11.4. The van der Waals surface area contributed by atoms with Gasteiger partial charge in [0.2, 0.25) is 0 Å². The van der Waals surface area contributed by atoms with Crippen molar-refractivity contribution in [1.82, 2.24) is 9.55 Å². The van der Waals surface area contributed by atoms with Crippen molar-refractivity contribution < 1.29 is 9.85 Å². The van der Waals surface area contributed by atoms with Crippen LogP contribution in [0.15, 0.2) is 94.9 Å². The minimum absolute atomic E-state index is 0.0166. The predicted octanol–water partition coefficient (Wildman–Crippen LogP) is 3.86. The molecule has 0 bridgehead atoms. The van der Waals surface area contributed by atoms with Crippen molar-refractivity contribution in [3.05, 3.63) is 111 Å². The second-order valence-electron chi connectivity index (χ2n) is 8.68. The Balaban J connectivity index is 1.71. The number of nitrogens with zero attached hydrogens (tertiary/aromatic N) is 6. The van der Waals surface area contributed by atoms with Crippen LogP contribution in [0.3, 0.4) is 0 Å². The Kier molecular flexibility index (Phi) is 7.01. The van der Waals surface area contributed by atoms with Gasteiger partial charge in [-0.3, -0.25) is 30.2 Å². The van der Waals surface area contributed by atoms with E-state index in [1.54, 1.807) is 24.3 Å². The van der Waals surface area contributed by atoms with Gasteiger partial charge >= 0.3 is 0 Å². The van der Waals surface area contributed by atoms with Gasteiger partial charge in [0.05, 0.1) is 56.4 Å². The highest BCUT2D eigenvalue weighted by Crippen LogP contribution is 2.31. The molecule has 0 spiro atoms. The molecule has 0 saturated heterocycles. The van der Waals surface area contributed by atoms with Crippen LogP contribution in [0.25, 0.3) is 28.1 Å². The lowest BCUT2D eigenvalue weighted by Gasteiger charge is -2.20. The van der Waals surface area contributed by atoms with E-state index in [0.29, 0.717) is 39.3 Å². The van der Waals surface area contributed by atoms with Crippen LogP contribution in [0.1, 0.15) is 0 Å². The first-order chi connectivity index (χ1) is 19.3. The van der Waals surface area contributed by atoms with Crippen molar-refractivity contribution in [2.45, 2.75) is 0 Å². The summed E-state index contributed by atoms with van der Waals surface area (Å²) in [6.45, 7) is 0.562. The van der Waals surface area contributed by atoms with Crippen molar-refractivity contribution in [2.75, 3.05) is 18.4 Å². The standard InChI is InChI=1S/C27H23N9O4/c28-27(29)31-14-13-30-22-16-26-24(15-23(22)32-17-5-7-19(8-6-17)35(37)38)33-21-3-1-2-4-25(21)34(26)18-9-11-20(12-10-18)36(39)40/h1-12,15-16,32H,13-14H2,(H4,28,29,31). The Morgan fingerprint density at radius 2 is 1.52 bits per heavy atom. The molecular weight excluding hydrogens is 514 g/mol. The number of non-ortho nitro benzene ring substituents is 2. The van der Waals surface area contributed by atoms with Gasteiger partial charge in [-0.1, -0.05) is 12.1 Å². The van der Waals surface area contributed by atoms with E-state index in [1.165, 1.54) is 24.3 Å². The number of fused-ring (bicyclic) bond motifs is 2. The van der Waals surface area contributed by atoms with Crippen molar-refractivity contribution in [3.8, 4) is 17.1 Å². The molecule has 200 valence electrons. The number of aromatic nitrogens is 2. The zero-order valence-electron chi connectivity index (χ0n) is 21.0. The van der Waals surface area contributed by atoms with Gasteiger partial charge in [-0.2, -0.15) is 0 Å². The van der Waals surface area contributed by atoms with E-state index in [2.05, 4.69) is 10.3 Å². The summed E-state index contributed by atoms with van der Waals surface area (Å²) < 4.78 is 1.96. The van der Waals surface area contributed by atoms with Crippen LogP contribution < -0.4 is 22.1 Å². The quantitative estimate of drug-likeness (QED) is 0.0663. The summed E-state index contributed by atoms with van der Waals surface area (Å²) in [4.78, 5) is 35.0. The van der Waals surface area contributed by atoms with Gasteiger partial charge in [0, 0.05) is 35.6 Å². The summed E-state index contributed by atoms with van der Waals surface area (Å²) in [5, 5.41) is 26.2. The SMILES string of the molecule is NC(N)=NCCN=c1cc2n(-c3ccc([N+](=O)[O-])cc3)c3ccccc3nc-2cc1Nc1ccc([N+](=O)[O-])cc1. The van der Waals surface area contributed by atoms with E-state index in [1.807, 2.05) is 41.0 Å². The first-order valence-corrected chi connectivity index (χ1v) is 12.1. The molecule has 13 heteroatoms. The largest absolute Gasteiger partial charge is 0.370 e. The first-order valence-electron chi connectivity index (χ1n) is 12.1. The molecular formula is C27H23N9O4. The molecule has 1 aliphatic carbocycles. The molecule has 1 heterocycles. The van der Waals surface area contributed by atoms with E-state index in [9.17, 15) is 20.2 Å². The van der Waals surface area contributed by atoms with Gasteiger partial charge < -0.3 is 21.4 Å². The molecule has 0 radical (unpaired) electrons.